The van der Waals surface area contributed by atoms with E-state index in [0.29, 0.717) is 0 Å². The fraction of sp³-hybridized carbons (Fsp3) is 0.750. The van der Waals surface area contributed by atoms with Gasteiger partial charge < -0.3 is 18.9 Å². The van der Waals surface area contributed by atoms with Crippen LogP contribution in [0, 0.1) is 0 Å². The molecule has 1 saturated heterocycles. The number of halogens is 1. The number of rotatable bonds is 3. The lowest BCUT2D eigenvalue weighted by Gasteiger charge is -2.40. The maximum atomic E-state index is 14.1. The van der Waals surface area contributed by atoms with E-state index in [0.717, 1.165) is 20.8 Å². The van der Waals surface area contributed by atoms with Gasteiger partial charge in [-0.2, -0.15) is 0 Å². The second-order valence-electron chi connectivity index (χ2n) is 4.41. The largest absolute Gasteiger partial charge is 0.455 e. The first-order valence-electron chi connectivity index (χ1n) is 6.03. The van der Waals surface area contributed by atoms with Crippen LogP contribution in [-0.2, 0) is 33.3 Å². The van der Waals surface area contributed by atoms with E-state index in [1.165, 1.54) is 6.92 Å². The minimum atomic E-state index is -1.71. The average Bonchev–Trinajstić information content (AvgIpc) is 2.28. The third-order valence-corrected chi connectivity index (χ3v) is 2.59. The van der Waals surface area contributed by atoms with Gasteiger partial charge in [-0.25, -0.2) is 4.39 Å². The molecule has 0 unspecified atom stereocenters. The number of esters is 3. The summed E-state index contributed by atoms with van der Waals surface area (Å²) in [5.74, 6) is -2.18. The fourth-order valence-electron chi connectivity index (χ4n) is 1.86. The standard InChI is InChI=1S/C12H17FO7/c1-5-9(13)10(18-6(2)14)11(19-7(3)15)12(17-5)20-8(4)16/h5,9-12H,1-4H3/t5-,9+,10+,11+,12-/m1/s1. The van der Waals surface area contributed by atoms with E-state index in [9.17, 15) is 18.8 Å². The third-order valence-electron chi connectivity index (χ3n) is 2.59. The summed E-state index contributed by atoms with van der Waals surface area (Å²) in [6.45, 7) is 4.71. The molecule has 0 bridgehead atoms. The van der Waals surface area contributed by atoms with Crippen molar-refractivity contribution in [3.63, 3.8) is 0 Å². The van der Waals surface area contributed by atoms with Gasteiger partial charge in [-0.3, -0.25) is 14.4 Å². The lowest BCUT2D eigenvalue weighted by molar-refractivity contribution is -0.281. The summed E-state index contributed by atoms with van der Waals surface area (Å²) in [4.78, 5) is 33.1. The number of carbonyl (C=O) groups excluding carboxylic acids is 3. The van der Waals surface area contributed by atoms with E-state index in [2.05, 4.69) is 0 Å². The first-order chi connectivity index (χ1) is 9.22. The molecule has 0 aromatic heterocycles. The second-order valence-corrected chi connectivity index (χ2v) is 4.41. The molecule has 114 valence electrons. The van der Waals surface area contributed by atoms with Crippen LogP contribution in [-0.4, -0.2) is 48.7 Å². The molecule has 0 saturated carbocycles. The van der Waals surface area contributed by atoms with Crippen LogP contribution >= 0.6 is 0 Å². The van der Waals surface area contributed by atoms with E-state index in [1.54, 1.807) is 0 Å². The Hall–Kier alpha value is -1.70. The van der Waals surface area contributed by atoms with Crippen molar-refractivity contribution in [2.24, 2.45) is 0 Å². The van der Waals surface area contributed by atoms with E-state index >= 15 is 0 Å². The Kier molecular flexibility index (Phi) is 5.43. The molecule has 1 aliphatic rings. The molecule has 1 aliphatic heterocycles. The molecule has 0 aromatic carbocycles. The van der Waals surface area contributed by atoms with Crippen molar-refractivity contribution in [3.8, 4) is 0 Å². The predicted molar refractivity (Wildman–Crippen MR) is 62.1 cm³/mol. The van der Waals surface area contributed by atoms with Crippen LogP contribution in [0.25, 0.3) is 0 Å². The van der Waals surface area contributed by atoms with Crippen molar-refractivity contribution in [3.05, 3.63) is 0 Å². The maximum Gasteiger partial charge on any atom is 0.305 e. The molecular weight excluding hydrogens is 275 g/mol. The van der Waals surface area contributed by atoms with Crippen molar-refractivity contribution < 1.29 is 37.7 Å². The minimum Gasteiger partial charge on any atom is -0.455 e. The topological polar surface area (TPSA) is 88.1 Å². The average molecular weight is 292 g/mol. The van der Waals surface area contributed by atoms with Gasteiger partial charge in [0.05, 0.1) is 6.10 Å². The van der Waals surface area contributed by atoms with Gasteiger partial charge >= 0.3 is 17.9 Å². The van der Waals surface area contributed by atoms with Crippen molar-refractivity contribution in [1.82, 2.24) is 0 Å². The summed E-state index contributed by atoms with van der Waals surface area (Å²) in [7, 11) is 0. The first-order valence-corrected chi connectivity index (χ1v) is 6.03. The summed E-state index contributed by atoms with van der Waals surface area (Å²) < 4.78 is 33.8. The van der Waals surface area contributed by atoms with Crippen LogP contribution in [0.1, 0.15) is 27.7 Å². The quantitative estimate of drug-likeness (QED) is 0.552. The Morgan fingerprint density at radius 1 is 0.900 bits per heavy atom. The number of hydrogen-bond donors (Lipinski definition) is 0. The van der Waals surface area contributed by atoms with Gasteiger partial charge in [0.25, 0.3) is 0 Å². The predicted octanol–water partition coefficient (Wildman–Crippen LogP) is 0.496. The molecular formula is C12H17FO7. The van der Waals surface area contributed by atoms with Gasteiger partial charge in [0, 0.05) is 20.8 Å². The Balaban J connectivity index is 3.00. The van der Waals surface area contributed by atoms with Gasteiger partial charge in [-0.05, 0) is 6.92 Å². The molecule has 0 spiro atoms. The normalized spacial score (nSPS) is 33.1. The number of ether oxygens (including phenoxy) is 4. The highest BCUT2D eigenvalue weighted by molar-refractivity contribution is 5.68. The Labute approximate surface area is 115 Å². The SMILES string of the molecule is CC(=O)O[C@H]1O[C@H](C)[C@H](F)[C@H](OC(C)=O)[C@@H]1OC(C)=O. The molecule has 1 heterocycles. The van der Waals surface area contributed by atoms with Gasteiger partial charge in [0.15, 0.2) is 12.3 Å². The summed E-state index contributed by atoms with van der Waals surface area (Å²) >= 11 is 0. The maximum absolute atomic E-state index is 14.1. The highest BCUT2D eigenvalue weighted by Crippen LogP contribution is 2.29. The Bertz CT molecular complexity index is 397. The smallest absolute Gasteiger partial charge is 0.305 e. The van der Waals surface area contributed by atoms with Crippen LogP contribution in [0.2, 0.25) is 0 Å². The van der Waals surface area contributed by atoms with E-state index in [-0.39, 0.29) is 0 Å². The molecule has 1 fully saturated rings. The van der Waals surface area contributed by atoms with Crippen molar-refractivity contribution in [1.29, 1.82) is 0 Å². The molecule has 8 heteroatoms. The third kappa shape index (κ3) is 4.16. The molecule has 0 N–H and O–H groups in total. The summed E-state index contributed by atoms with van der Waals surface area (Å²) in [5.41, 5.74) is 0. The van der Waals surface area contributed by atoms with Crippen molar-refractivity contribution in [2.45, 2.75) is 58.5 Å². The van der Waals surface area contributed by atoms with Crippen molar-refractivity contribution >= 4 is 17.9 Å². The molecule has 0 aromatic rings. The van der Waals surface area contributed by atoms with Crippen LogP contribution in [0.5, 0.6) is 0 Å². The zero-order valence-corrected chi connectivity index (χ0v) is 11.6. The highest BCUT2D eigenvalue weighted by Gasteiger charge is 2.50. The van der Waals surface area contributed by atoms with Gasteiger partial charge in [-0.15, -0.1) is 0 Å². The first kappa shape index (κ1) is 16.4. The fourth-order valence-corrected chi connectivity index (χ4v) is 1.86. The summed E-state index contributed by atoms with van der Waals surface area (Å²) in [5, 5.41) is 0. The summed E-state index contributed by atoms with van der Waals surface area (Å²) in [6, 6.07) is 0. The highest BCUT2D eigenvalue weighted by atomic mass is 19.1. The van der Waals surface area contributed by atoms with Gasteiger partial charge in [0.2, 0.25) is 12.4 Å². The minimum absolute atomic E-state index is 0.696. The Morgan fingerprint density at radius 2 is 1.35 bits per heavy atom. The summed E-state index contributed by atoms with van der Waals surface area (Å²) in [6.07, 6.45) is -6.79. The van der Waals surface area contributed by atoms with E-state index in [4.69, 9.17) is 18.9 Å². The van der Waals surface area contributed by atoms with Crippen molar-refractivity contribution in [2.75, 3.05) is 0 Å². The Morgan fingerprint density at radius 3 is 1.80 bits per heavy atom. The lowest BCUT2D eigenvalue weighted by atomic mass is 10.0. The number of alkyl halides is 1. The van der Waals surface area contributed by atoms with E-state index < -0.39 is 48.7 Å². The number of carbonyl (C=O) groups is 3. The molecule has 0 aliphatic carbocycles. The van der Waals surface area contributed by atoms with Gasteiger partial charge in [0.1, 0.15) is 0 Å². The number of hydrogen-bond acceptors (Lipinski definition) is 7. The molecule has 5 atom stereocenters. The molecule has 1 rings (SSSR count). The van der Waals surface area contributed by atoms with Crippen LogP contribution in [0.15, 0.2) is 0 Å². The lowest BCUT2D eigenvalue weighted by Crippen LogP contribution is -2.58. The molecule has 0 radical (unpaired) electrons. The van der Waals surface area contributed by atoms with Crippen LogP contribution in [0.3, 0.4) is 0 Å². The zero-order valence-electron chi connectivity index (χ0n) is 11.6. The molecule has 7 nitrogen and oxygen atoms in total. The zero-order chi connectivity index (χ0) is 15.4. The van der Waals surface area contributed by atoms with Gasteiger partial charge in [-0.1, -0.05) is 0 Å². The molecule has 20 heavy (non-hydrogen) atoms. The molecule has 0 amide bonds. The monoisotopic (exact) mass is 292 g/mol. The van der Waals surface area contributed by atoms with Crippen LogP contribution in [0.4, 0.5) is 4.39 Å². The van der Waals surface area contributed by atoms with E-state index in [1.807, 2.05) is 0 Å². The van der Waals surface area contributed by atoms with Crippen LogP contribution < -0.4 is 0 Å². The second kappa shape index (κ2) is 6.65.